The van der Waals surface area contributed by atoms with Gasteiger partial charge in [0.2, 0.25) is 0 Å². The van der Waals surface area contributed by atoms with Crippen LogP contribution in [0, 0.1) is 0 Å². The molecule has 0 unspecified atom stereocenters. The van der Waals surface area contributed by atoms with Crippen molar-refractivity contribution in [3.63, 3.8) is 0 Å². The number of hydrogen-bond acceptors (Lipinski definition) is 5. The van der Waals surface area contributed by atoms with Gasteiger partial charge in [0.05, 0.1) is 11.1 Å². The lowest BCUT2D eigenvalue weighted by Gasteiger charge is -2.42. The normalized spacial score (nSPS) is 23.4. The predicted molar refractivity (Wildman–Crippen MR) is 119 cm³/mol. The van der Waals surface area contributed by atoms with Crippen molar-refractivity contribution in [2.45, 2.75) is 69.7 Å². The summed E-state index contributed by atoms with van der Waals surface area (Å²) >= 11 is 0. The first-order valence-electron chi connectivity index (χ1n) is 11.4. The van der Waals surface area contributed by atoms with Crippen molar-refractivity contribution >= 4 is 22.9 Å². The number of nitrogens with one attached hydrogen (secondary N) is 1. The number of hydrogen-bond donors (Lipinski definition) is 3. The van der Waals surface area contributed by atoms with Gasteiger partial charge >= 0.3 is 6.09 Å². The Bertz CT molecular complexity index is 982. The van der Waals surface area contributed by atoms with Crippen LogP contribution in [0.5, 0.6) is 0 Å². The van der Waals surface area contributed by atoms with Crippen LogP contribution < -0.4 is 5.32 Å². The predicted octanol–water partition coefficient (Wildman–Crippen LogP) is 2.79. The third-order valence-electron chi connectivity index (χ3n) is 6.64. The van der Waals surface area contributed by atoms with E-state index in [2.05, 4.69) is 10.4 Å². The second kappa shape index (κ2) is 9.07. The van der Waals surface area contributed by atoms with Crippen molar-refractivity contribution < 1.29 is 24.5 Å². The number of aromatic nitrogens is 2. The minimum Gasteiger partial charge on any atom is -0.465 e. The number of likely N-dealkylation sites (tertiary alicyclic amines) is 1. The third kappa shape index (κ3) is 4.59. The number of carbonyl (C=O) groups excluding carboxylic acids is 1. The molecular weight excluding hydrogens is 412 g/mol. The Morgan fingerprint density at radius 1 is 1.25 bits per heavy atom. The monoisotopic (exact) mass is 444 g/mol. The fourth-order valence-electron chi connectivity index (χ4n) is 4.89. The van der Waals surface area contributed by atoms with Gasteiger partial charge in [-0.2, -0.15) is 5.10 Å². The van der Waals surface area contributed by atoms with Gasteiger partial charge in [-0.25, -0.2) is 4.79 Å². The second-order valence-electron chi connectivity index (χ2n) is 9.28. The van der Waals surface area contributed by atoms with E-state index in [1.807, 2.05) is 42.8 Å². The van der Waals surface area contributed by atoms with E-state index in [9.17, 15) is 19.8 Å². The standard InChI is InChI=1S/C23H32N4O5/c1-15(2)27-19-6-4-3-5-18(19)20(25-27)21(28)24-16-7-8-17(26(14-16)22(29)30)13-23(31)9-11-32-12-10-23/h3-6,15-17,31H,7-14H2,1-2H3,(H,24,28)(H,29,30)/t16-,17-/m0/s1. The Kier molecular flexibility index (Phi) is 6.39. The number of amides is 2. The molecule has 2 atom stereocenters. The van der Waals surface area contributed by atoms with Gasteiger partial charge in [-0.15, -0.1) is 0 Å². The average Bonchev–Trinajstić information content (AvgIpc) is 3.15. The van der Waals surface area contributed by atoms with Crippen LogP contribution in [0.3, 0.4) is 0 Å². The zero-order valence-corrected chi connectivity index (χ0v) is 18.7. The lowest BCUT2D eigenvalue weighted by Crippen LogP contribution is -2.56. The summed E-state index contributed by atoms with van der Waals surface area (Å²) in [5, 5.41) is 29.0. The van der Waals surface area contributed by atoms with Crippen molar-refractivity contribution in [3.8, 4) is 0 Å². The number of rotatable bonds is 5. The Morgan fingerprint density at radius 3 is 2.66 bits per heavy atom. The highest BCUT2D eigenvalue weighted by Crippen LogP contribution is 2.31. The molecule has 32 heavy (non-hydrogen) atoms. The van der Waals surface area contributed by atoms with Crippen LogP contribution in [-0.4, -0.2) is 74.3 Å². The Hall–Kier alpha value is -2.65. The molecule has 0 radical (unpaired) electrons. The molecule has 0 spiro atoms. The molecule has 174 valence electrons. The molecule has 3 heterocycles. The lowest BCUT2D eigenvalue weighted by molar-refractivity contribution is -0.0821. The maximum absolute atomic E-state index is 13.1. The summed E-state index contributed by atoms with van der Waals surface area (Å²) in [7, 11) is 0. The first-order chi connectivity index (χ1) is 15.3. The van der Waals surface area contributed by atoms with Crippen LogP contribution in [0.25, 0.3) is 10.9 Å². The molecular formula is C23H32N4O5. The van der Waals surface area contributed by atoms with Crippen molar-refractivity contribution in [2.24, 2.45) is 0 Å². The van der Waals surface area contributed by atoms with E-state index < -0.39 is 11.7 Å². The van der Waals surface area contributed by atoms with Gasteiger partial charge in [0.25, 0.3) is 5.91 Å². The fraction of sp³-hybridized carbons (Fsp3) is 0.609. The highest BCUT2D eigenvalue weighted by Gasteiger charge is 2.39. The molecule has 4 rings (SSSR count). The van der Waals surface area contributed by atoms with Crippen LogP contribution in [0.2, 0.25) is 0 Å². The zero-order chi connectivity index (χ0) is 22.9. The minimum absolute atomic E-state index is 0.107. The van der Waals surface area contributed by atoms with Crippen LogP contribution in [0.4, 0.5) is 4.79 Å². The number of carbonyl (C=O) groups is 2. The minimum atomic E-state index is -1.03. The number of aliphatic hydroxyl groups is 1. The molecule has 9 nitrogen and oxygen atoms in total. The molecule has 2 fully saturated rings. The summed E-state index contributed by atoms with van der Waals surface area (Å²) in [5.74, 6) is -0.294. The van der Waals surface area contributed by atoms with E-state index in [1.165, 1.54) is 4.90 Å². The molecule has 0 saturated carbocycles. The zero-order valence-electron chi connectivity index (χ0n) is 18.7. The molecule has 9 heteroatoms. The van der Waals surface area contributed by atoms with Crippen molar-refractivity contribution in [1.29, 1.82) is 0 Å². The number of ether oxygens (including phenoxy) is 1. The number of benzene rings is 1. The SMILES string of the molecule is CC(C)n1nc(C(=O)N[C@H]2CC[C@@H](CC3(O)CCOCC3)N(C(=O)O)C2)c2ccccc21. The average molecular weight is 445 g/mol. The molecule has 2 aliphatic rings. The largest absolute Gasteiger partial charge is 0.465 e. The van der Waals surface area contributed by atoms with E-state index in [-0.39, 0.29) is 30.6 Å². The van der Waals surface area contributed by atoms with Crippen molar-refractivity contribution in [2.75, 3.05) is 19.8 Å². The number of piperidine rings is 1. The molecule has 2 aromatic rings. The third-order valence-corrected chi connectivity index (χ3v) is 6.64. The summed E-state index contributed by atoms with van der Waals surface area (Å²) in [6, 6.07) is 7.15. The molecule has 0 bridgehead atoms. The molecule has 2 aliphatic heterocycles. The van der Waals surface area contributed by atoms with Crippen molar-refractivity contribution in [3.05, 3.63) is 30.0 Å². The molecule has 1 aromatic heterocycles. The number of fused-ring (bicyclic) bond motifs is 1. The molecule has 2 amide bonds. The van der Waals surface area contributed by atoms with Crippen LogP contribution in [-0.2, 0) is 4.74 Å². The maximum atomic E-state index is 13.1. The maximum Gasteiger partial charge on any atom is 0.407 e. The second-order valence-corrected chi connectivity index (χ2v) is 9.28. The quantitative estimate of drug-likeness (QED) is 0.653. The van der Waals surface area contributed by atoms with Gasteiger partial charge in [-0.3, -0.25) is 9.48 Å². The van der Waals surface area contributed by atoms with Crippen LogP contribution in [0.1, 0.15) is 62.5 Å². The van der Waals surface area contributed by atoms with Gasteiger partial charge in [0.1, 0.15) is 0 Å². The Balaban J connectivity index is 1.46. The van der Waals surface area contributed by atoms with E-state index in [0.717, 1.165) is 10.9 Å². The van der Waals surface area contributed by atoms with Gasteiger partial charge < -0.3 is 25.2 Å². The first kappa shape index (κ1) is 22.5. The molecule has 1 aromatic carbocycles. The van der Waals surface area contributed by atoms with Gasteiger partial charge in [0.15, 0.2) is 5.69 Å². The van der Waals surface area contributed by atoms with Crippen LogP contribution >= 0.6 is 0 Å². The Morgan fingerprint density at radius 2 is 1.97 bits per heavy atom. The topological polar surface area (TPSA) is 117 Å². The Labute approximate surface area is 187 Å². The summed E-state index contributed by atoms with van der Waals surface area (Å²) < 4.78 is 7.17. The summed E-state index contributed by atoms with van der Waals surface area (Å²) in [6.07, 6.45) is 1.63. The van der Waals surface area contributed by atoms with Crippen molar-refractivity contribution in [1.82, 2.24) is 20.0 Å². The smallest absolute Gasteiger partial charge is 0.407 e. The molecule has 3 N–H and O–H groups in total. The van der Waals surface area contributed by atoms with Gasteiger partial charge in [0, 0.05) is 43.3 Å². The summed E-state index contributed by atoms with van der Waals surface area (Å²) in [5.41, 5.74) is 0.359. The highest BCUT2D eigenvalue weighted by molar-refractivity contribution is 6.05. The fourth-order valence-corrected chi connectivity index (χ4v) is 4.89. The summed E-state index contributed by atoms with van der Waals surface area (Å²) in [6.45, 7) is 5.21. The lowest BCUT2D eigenvalue weighted by atomic mass is 9.83. The first-order valence-corrected chi connectivity index (χ1v) is 11.4. The number of carboxylic acid groups (broad SMARTS) is 1. The van der Waals surface area contributed by atoms with Gasteiger partial charge in [-0.1, -0.05) is 18.2 Å². The van der Waals surface area contributed by atoms with Crippen LogP contribution in [0.15, 0.2) is 24.3 Å². The van der Waals surface area contributed by atoms with Gasteiger partial charge in [-0.05, 0) is 52.0 Å². The number of para-hydroxylation sites is 1. The molecule has 0 aliphatic carbocycles. The highest BCUT2D eigenvalue weighted by atomic mass is 16.5. The number of nitrogens with zero attached hydrogens (tertiary/aromatic N) is 3. The molecule has 2 saturated heterocycles. The van der Waals surface area contributed by atoms with E-state index in [1.54, 1.807) is 0 Å². The summed E-state index contributed by atoms with van der Waals surface area (Å²) in [4.78, 5) is 26.4. The van der Waals surface area contributed by atoms with E-state index in [0.29, 0.717) is 51.0 Å². The van der Waals surface area contributed by atoms with E-state index in [4.69, 9.17) is 4.74 Å². The van der Waals surface area contributed by atoms with E-state index >= 15 is 0 Å².